The molecule has 0 bridgehead atoms. The van der Waals surface area contributed by atoms with E-state index in [9.17, 15) is 0 Å². The maximum atomic E-state index is 5.64. The van der Waals surface area contributed by atoms with Crippen LogP contribution in [0.3, 0.4) is 0 Å². The molecule has 1 aromatic heterocycles. The molecule has 1 saturated heterocycles. The summed E-state index contributed by atoms with van der Waals surface area (Å²) in [7, 11) is 3.35. The van der Waals surface area contributed by atoms with Crippen molar-refractivity contribution in [2.45, 2.75) is 50.7 Å². The number of benzene rings is 2. The molecular weight excluding hydrogens is 476 g/mol. The van der Waals surface area contributed by atoms with Crippen molar-refractivity contribution in [2.24, 2.45) is 0 Å². The van der Waals surface area contributed by atoms with Crippen LogP contribution in [0.2, 0.25) is 0 Å². The average Bonchev–Trinajstić information content (AvgIpc) is 3.61. The molecule has 1 unspecified atom stereocenters. The van der Waals surface area contributed by atoms with Gasteiger partial charge in [0.1, 0.15) is 0 Å². The van der Waals surface area contributed by atoms with Crippen LogP contribution in [-0.2, 0) is 13.0 Å². The van der Waals surface area contributed by atoms with Crippen molar-refractivity contribution in [2.75, 3.05) is 40.4 Å². The van der Waals surface area contributed by atoms with Crippen LogP contribution in [0, 0.1) is 0 Å². The molecule has 9 heteroatoms. The van der Waals surface area contributed by atoms with Crippen molar-refractivity contribution in [3.05, 3.63) is 65.5 Å². The largest absolute Gasteiger partial charge is 1.00 e. The van der Waals surface area contributed by atoms with Crippen molar-refractivity contribution in [1.29, 1.82) is 0 Å². The molecule has 2 heterocycles. The predicted molar refractivity (Wildman–Crippen MR) is 135 cm³/mol. The summed E-state index contributed by atoms with van der Waals surface area (Å²) in [5.41, 5.74) is 2.40. The molecule has 0 N–H and O–H groups in total. The number of hydrogen-bond donors (Lipinski definition) is 0. The monoisotopic (exact) mass is 511 g/mol. The van der Waals surface area contributed by atoms with Crippen LogP contribution < -0.4 is 21.9 Å². The molecule has 0 spiro atoms. The van der Waals surface area contributed by atoms with E-state index in [1.54, 1.807) is 14.2 Å². The second-order valence-corrected chi connectivity index (χ2v) is 9.52. The van der Waals surface area contributed by atoms with Crippen LogP contribution in [0.15, 0.2) is 48.5 Å². The molecule has 2 aromatic carbocycles. The third-order valence-corrected chi connectivity index (χ3v) is 7.54. The Kier molecular flexibility index (Phi) is 9.18. The van der Waals surface area contributed by atoms with Crippen LogP contribution in [0.25, 0.3) is 0 Å². The van der Waals surface area contributed by atoms with Gasteiger partial charge in [-0.25, -0.2) is 4.68 Å². The third kappa shape index (κ3) is 5.82. The van der Waals surface area contributed by atoms with E-state index in [1.165, 1.54) is 31.2 Å². The quantitative estimate of drug-likeness (QED) is 0.416. The minimum absolute atomic E-state index is 0. The van der Waals surface area contributed by atoms with E-state index in [-0.39, 0.29) is 18.4 Å². The van der Waals surface area contributed by atoms with Crippen LogP contribution in [0.5, 0.6) is 11.5 Å². The summed E-state index contributed by atoms with van der Waals surface area (Å²) in [5, 5.41) is 13.0. The fraction of sp³-hybridized carbons (Fsp3) is 0.519. The molecule has 0 amide bonds. The zero-order valence-electron chi connectivity index (χ0n) is 21.2. The minimum Gasteiger partial charge on any atom is -1.00 e. The normalized spacial score (nSPS) is 18.1. The summed E-state index contributed by atoms with van der Waals surface area (Å²) in [6.07, 6.45) is 6.31. The second-order valence-electron chi connectivity index (χ2n) is 9.52. The summed E-state index contributed by atoms with van der Waals surface area (Å²) in [5.74, 6) is 2.33. The van der Waals surface area contributed by atoms with Crippen LogP contribution in [0.4, 0.5) is 0 Å². The first-order valence-corrected chi connectivity index (χ1v) is 12.8. The summed E-state index contributed by atoms with van der Waals surface area (Å²) in [6.45, 7) is 4.88. The molecule has 1 saturated carbocycles. The molecule has 1 aliphatic heterocycles. The predicted octanol–water partition coefficient (Wildman–Crippen LogP) is 0.587. The molecule has 3 aromatic rings. The van der Waals surface area contributed by atoms with E-state index >= 15 is 0 Å². The lowest BCUT2D eigenvalue weighted by Gasteiger charge is -2.41. The Balaban J connectivity index is 0.00000304. The first-order valence-electron chi connectivity index (χ1n) is 12.8. The van der Waals surface area contributed by atoms with Gasteiger partial charge in [-0.3, -0.25) is 9.80 Å². The van der Waals surface area contributed by atoms with E-state index in [1.807, 2.05) is 16.8 Å². The van der Waals surface area contributed by atoms with Crippen molar-refractivity contribution in [3.8, 4) is 11.5 Å². The van der Waals surface area contributed by atoms with E-state index in [0.717, 1.165) is 68.1 Å². The molecule has 194 valence electrons. The van der Waals surface area contributed by atoms with Crippen LogP contribution >= 0.6 is 0 Å². The number of aromatic nitrogens is 4. The molecule has 2 aliphatic rings. The average molecular weight is 512 g/mol. The molecule has 0 radical (unpaired) electrons. The standard InChI is InChI=1S/C27H36N6O2.ClH/c1-34-24-13-12-22(20-25(24)35-2)26(32-18-16-31(17-19-32)23-10-6-7-11-23)27-28-29-30-33(27)15-14-21-8-4-3-5-9-21;/h3-5,8-9,12-13,20,23,26H,6-7,10-11,14-19H2,1-2H3;1H/p-1. The number of methoxy groups -OCH3 is 2. The van der Waals surface area contributed by atoms with Crippen LogP contribution in [-0.4, -0.2) is 76.4 Å². The van der Waals surface area contributed by atoms with Crippen molar-refractivity contribution < 1.29 is 21.9 Å². The first kappa shape index (κ1) is 26.4. The second kappa shape index (κ2) is 12.5. The van der Waals surface area contributed by atoms with Gasteiger partial charge in [-0.15, -0.1) is 5.10 Å². The molecule has 5 rings (SSSR count). The Hall–Kier alpha value is -2.68. The fourth-order valence-corrected chi connectivity index (χ4v) is 5.62. The zero-order chi connectivity index (χ0) is 24.0. The first-order chi connectivity index (χ1) is 17.3. The van der Waals surface area contributed by atoms with E-state index < -0.39 is 0 Å². The van der Waals surface area contributed by atoms with Crippen molar-refractivity contribution in [3.63, 3.8) is 0 Å². The number of aryl methyl sites for hydroxylation is 2. The summed E-state index contributed by atoms with van der Waals surface area (Å²) in [4.78, 5) is 5.21. The van der Waals surface area contributed by atoms with E-state index in [0.29, 0.717) is 0 Å². The van der Waals surface area contributed by atoms with Crippen molar-refractivity contribution >= 4 is 0 Å². The van der Waals surface area contributed by atoms with Gasteiger partial charge in [-0.2, -0.15) is 0 Å². The highest BCUT2D eigenvalue weighted by atomic mass is 35.5. The summed E-state index contributed by atoms with van der Waals surface area (Å²) in [6, 6.07) is 17.4. The van der Waals surface area contributed by atoms with Crippen LogP contribution in [0.1, 0.15) is 48.7 Å². The van der Waals surface area contributed by atoms with Gasteiger partial charge in [0.25, 0.3) is 0 Å². The maximum absolute atomic E-state index is 5.64. The molecule has 36 heavy (non-hydrogen) atoms. The third-order valence-electron chi connectivity index (χ3n) is 7.54. The topological polar surface area (TPSA) is 68.5 Å². The minimum atomic E-state index is -0.0497. The SMILES string of the molecule is COc1ccc(C(c2nnnn2CCc2ccccc2)N2CCN(C3CCCC3)CC2)cc1OC.[Cl-]. The Morgan fingerprint density at radius 1 is 0.917 bits per heavy atom. The smallest absolute Gasteiger partial charge is 0.173 e. The number of hydrogen-bond acceptors (Lipinski definition) is 7. The number of ether oxygens (including phenoxy) is 2. The van der Waals surface area contributed by atoms with E-state index in [4.69, 9.17) is 9.47 Å². The van der Waals surface area contributed by atoms with Gasteiger partial charge in [-0.05, 0) is 52.9 Å². The number of rotatable bonds is 9. The highest BCUT2D eigenvalue weighted by Gasteiger charge is 2.33. The number of nitrogens with zero attached hydrogens (tertiary/aromatic N) is 6. The van der Waals surface area contributed by atoms with Gasteiger partial charge >= 0.3 is 0 Å². The molecule has 1 atom stereocenters. The lowest BCUT2D eigenvalue weighted by molar-refractivity contribution is -0.00000793. The number of halogens is 1. The van der Waals surface area contributed by atoms with Gasteiger partial charge in [0.15, 0.2) is 17.3 Å². The summed E-state index contributed by atoms with van der Waals surface area (Å²) < 4.78 is 13.1. The lowest BCUT2D eigenvalue weighted by atomic mass is 10.0. The Bertz CT molecular complexity index is 1080. The van der Waals surface area contributed by atoms with Gasteiger partial charge in [0, 0.05) is 38.8 Å². The lowest BCUT2D eigenvalue weighted by Crippen LogP contribution is -3.00. The van der Waals surface area contributed by atoms with Gasteiger partial charge < -0.3 is 21.9 Å². The molecule has 1 aliphatic carbocycles. The van der Waals surface area contributed by atoms with Gasteiger partial charge in [0.2, 0.25) is 0 Å². The Morgan fingerprint density at radius 2 is 1.64 bits per heavy atom. The number of piperazine rings is 1. The highest BCUT2D eigenvalue weighted by Crippen LogP contribution is 2.35. The van der Waals surface area contributed by atoms with Crippen molar-refractivity contribution in [1.82, 2.24) is 30.0 Å². The van der Waals surface area contributed by atoms with E-state index in [2.05, 4.69) is 61.7 Å². The fourth-order valence-electron chi connectivity index (χ4n) is 5.62. The Morgan fingerprint density at radius 3 is 2.33 bits per heavy atom. The zero-order valence-corrected chi connectivity index (χ0v) is 22.0. The summed E-state index contributed by atoms with van der Waals surface area (Å²) >= 11 is 0. The van der Waals surface area contributed by atoms with Gasteiger partial charge in [0.05, 0.1) is 20.3 Å². The highest BCUT2D eigenvalue weighted by molar-refractivity contribution is 5.45. The van der Waals surface area contributed by atoms with Gasteiger partial charge in [-0.1, -0.05) is 49.2 Å². The molecule has 8 nitrogen and oxygen atoms in total. The Labute approximate surface area is 220 Å². The maximum Gasteiger partial charge on any atom is 0.173 e. The molecular formula is C27H36ClN6O2-. The number of tetrazole rings is 1. The molecule has 2 fully saturated rings.